The third kappa shape index (κ3) is 4.77. The lowest BCUT2D eigenvalue weighted by atomic mass is 10.2. The van der Waals surface area contributed by atoms with Gasteiger partial charge in [-0.05, 0) is 42.5 Å². The molecule has 0 radical (unpaired) electrons. The number of benzene rings is 2. The Morgan fingerprint density at radius 3 is 2.76 bits per heavy atom. The molecule has 0 aliphatic carbocycles. The molecule has 0 saturated carbocycles. The highest BCUT2D eigenvalue weighted by Gasteiger charge is 2.12. The molecule has 0 amide bonds. The number of esters is 1. The Labute approximate surface area is 147 Å². The van der Waals surface area contributed by atoms with E-state index in [1.165, 1.54) is 24.3 Å². The molecular formula is C17H12ClFN2O4. The van der Waals surface area contributed by atoms with E-state index < -0.39 is 5.97 Å². The van der Waals surface area contributed by atoms with Crippen molar-refractivity contribution in [2.45, 2.75) is 6.61 Å². The molecule has 0 spiro atoms. The predicted molar refractivity (Wildman–Crippen MR) is 86.4 cm³/mol. The van der Waals surface area contributed by atoms with Gasteiger partial charge in [0.1, 0.15) is 11.6 Å². The van der Waals surface area contributed by atoms with Crippen LogP contribution in [0.5, 0.6) is 5.75 Å². The van der Waals surface area contributed by atoms with Crippen LogP contribution in [0.25, 0.3) is 11.4 Å². The highest BCUT2D eigenvalue weighted by atomic mass is 35.5. The molecule has 3 aromatic rings. The summed E-state index contributed by atoms with van der Waals surface area (Å²) in [6, 6.07) is 12.3. The molecule has 8 heteroatoms. The van der Waals surface area contributed by atoms with Crippen LogP contribution in [-0.2, 0) is 16.1 Å². The normalized spacial score (nSPS) is 10.5. The summed E-state index contributed by atoms with van der Waals surface area (Å²) in [6.07, 6.45) is 0. The molecule has 6 nitrogen and oxygen atoms in total. The smallest absolute Gasteiger partial charge is 0.344 e. The standard InChI is InChI=1S/C17H12ClFN2O4/c18-12-2-1-3-14(8-12)23-10-16(22)24-9-15-20-17(21-25-15)11-4-6-13(19)7-5-11/h1-8H,9-10H2. The van der Waals surface area contributed by atoms with E-state index in [4.69, 9.17) is 25.6 Å². The number of ether oxygens (including phenoxy) is 2. The van der Waals surface area contributed by atoms with Crippen molar-refractivity contribution < 1.29 is 23.2 Å². The molecule has 0 N–H and O–H groups in total. The number of hydrogen-bond donors (Lipinski definition) is 0. The molecule has 25 heavy (non-hydrogen) atoms. The first-order valence-electron chi connectivity index (χ1n) is 7.23. The van der Waals surface area contributed by atoms with Crippen molar-refractivity contribution in [1.82, 2.24) is 10.1 Å². The van der Waals surface area contributed by atoms with Gasteiger partial charge in [0.15, 0.2) is 13.2 Å². The predicted octanol–water partition coefficient (Wildman–Crippen LogP) is 3.65. The molecule has 0 atom stereocenters. The average molecular weight is 363 g/mol. The lowest BCUT2D eigenvalue weighted by molar-refractivity contribution is -0.148. The third-order valence-corrected chi connectivity index (χ3v) is 3.32. The molecule has 0 saturated heterocycles. The molecule has 0 aliphatic rings. The Bertz CT molecular complexity index is 867. The van der Waals surface area contributed by atoms with Gasteiger partial charge in [0.2, 0.25) is 5.82 Å². The summed E-state index contributed by atoms with van der Waals surface area (Å²) < 4.78 is 28.1. The zero-order valence-electron chi connectivity index (χ0n) is 12.8. The van der Waals surface area contributed by atoms with E-state index in [0.717, 1.165) is 0 Å². The van der Waals surface area contributed by atoms with Crippen LogP contribution in [0.4, 0.5) is 4.39 Å². The van der Waals surface area contributed by atoms with Crippen LogP contribution >= 0.6 is 11.6 Å². The van der Waals surface area contributed by atoms with Crippen LogP contribution in [0.1, 0.15) is 5.89 Å². The van der Waals surface area contributed by atoms with E-state index in [0.29, 0.717) is 16.3 Å². The number of aromatic nitrogens is 2. The summed E-state index contributed by atoms with van der Waals surface area (Å²) in [5.41, 5.74) is 0.590. The van der Waals surface area contributed by atoms with Crippen LogP contribution in [0.3, 0.4) is 0 Å². The van der Waals surface area contributed by atoms with Gasteiger partial charge < -0.3 is 14.0 Å². The second kappa shape index (κ2) is 7.76. The first-order chi connectivity index (χ1) is 12.1. The Kier molecular flexibility index (Phi) is 5.25. The lowest BCUT2D eigenvalue weighted by Gasteiger charge is -2.05. The molecule has 0 fully saturated rings. The molecule has 1 aromatic heterocycles. The van der Waals surface area contributed by atoms with E-state index in [1.807, 2.05) is 0 Å². The van der Waals surface area contributed by atoms with E-state index in [1.54, 1.807) is 24.3 Å². The lowest BCUT2D eigenvalue weighted by Crippen LogP contribution is -2.14. The minimum Gasteiger partial charge on any atom is -0.482 e. The quantitative estimate of drug-likeness (QED) is 0.623. The maximum atomic E-state index is 12.9. The molecule has 1 heterocycles. The van der Waals surface area contributed by atoms with Gasteiger partial charge in [0.25, 0.3) is 5.89 Å². The molecule has 0 bridgehead atoms. The van der Waals surface area contributed by atoms with Crippen molar-refractivity contribution >= 4 is 17.6 Å². The SMILES string of the molecule is O=C(COc1cccc(Cl)c1)OCc1nc(-c2ccc(F)cc2)no1. The maximum Gasteiger partial charge on any atom is 0.344 e. The molecule has 2 aromatic carbocycles. The van der Waals surface area contributed by atoms with Crippen LogP contribution in [-0.4, -0.2) is 22.7 Å². The summed E-state index contributed by atoms with van der Waals surface area (Å²) in [5.74, 6) is -0.0971. The van der Waals surface area contributed by atoms with E-state index in [-0.39, 0.29) is 30.7 Å². The van der Waals surface area contributed by atoms with Crippen molar-refractivity contribution in [2.75, 3.05) is 6.61 Å². The number of halogens is 2. The molecular weight excluding hydrogens is 351 g/mol. The Balaban J connectivity index is 1.50. The monoisotopic (exact) mass is 362 g/mol. The van der Waals surface area contributed by atoms with E-state index in [9.17, 15) is 9.18 Å². The fraction of sp³-hybridized carbons (Fsp3) is 0.118. The van der Waals surface area contributed by atoms with Gasteiger partial charge in [-0.3, -0.25) is 0 Å². The number of carbonyl (C=O) groups excluding carboxylic acids is 1. The highest BCUT2D eigenvalue weighted by Crippen LogP contribution is 2.18. The number of rotatable bonds is 6. The van der Waals surface area contributed by atoms with Gasteiger partial charge in [0.05, 0.1) is 0 Å². The van der Waals surface area contributed by atoms with E-state index >= 15 is 0 Å². The number of hydrogen-bond acceptors (Lipinski definition) is 6. The number of nitrogens with zero attached hydrogens (tertiary/aromatic N) is 2. The molecule has 128 valence electrons. The van der Waals surface area contributed by atoms with Crippen LogP contribution in [0.15, 0.2) is 53.1 Å². The van der Waals surface area contributed by atoms with Gasteiger partial charge in [0, 0.05) is 10.6 Å². The summed E-state index contributed by atoms with van der Waals surface area (Å²) in [4.78, 5) is 15.8. The average Bonchev–Trinajstić information content (AvgIpc) is 3.08. The van der Waals surface area contributed by atoms with Gasteiger partial charge in [-0.15, -0.1) is 0 Å². The van der Waals surface area contributed by atoms with Crippen LogP contribution < -0.4 is 4.74 Å². The molecule has 0 unspecified atom stereocenters. The summed E-state index contributed by atoms with van der Waals surface area (Å²) in [5, 5.41) is 4.26. The van der Waals surface area contributed by atoms with Gasteiger partial charge in [-0.2, -0.15) is 4.98 Å². The van der Waals surface area contributed by atoms with Gasteiger partial charge >= 0.3 is 5.97 Å². The van der Waals surface area contributed by atoms with E-state index in [2.05, 4.69) is 10.1 Å². The van der Waals surface area contributed by atoms with Crippen LogP contribution in [0, 0.1) is 5.82 Å². The minimum atomic E-state index is -0.596. The molecule has 3 rings (SSSR count). The maximum absolute atomic E-state index is 12.9. The van der Waals surface area contributed by atoms with Gasteiger partial charge in [-0.25, -0.2) is 9.18 Å². The van der Waals surface area contributed by atoms with Crippen molar-refractivity contribution in [2.24, 2.45) is 0 Å². The zero-order valence-corrected chi connectivity index (χ0v) is 13.6. The van der Waals surface area contributed by atoms with Crippen molar-refractivity contribution in [3.63, 3.8) is 0 Å². The Hall–Kier alpha value is -2.93. The zero-order chi connectivity index (χ0) is 17.6. The first-order valence-corrected chi connectivity index (χ1v) is 7.60. The minimum absolute atomic E-state index is 0.121. The summed E-state index contributed by atoms with van der Waals surface area (Å²) >= 11 is 5.82. The molecule has 0 aliphatic heterocycles. The number of carbonyl (C=O) groups is 1. The van der Waals surface area contributed by atoms with Crippen molar-refractivity contribution in [1.29, 1.82) is 0 Å². The van der Waals surface area contributed by atoms with Crippen molar-refractivity contribution in [3.8, 4) is 17.1 Å². The Morgan fingerprint density at radius 2 is 2.00 bits per heavy atom. The summed E-state index contributed by atoms with van der Waals surface area (Å²) in [7, 11) is 0. The van der Waals surface area contributed by atoms with Gasteiger partial charge in [-0.1, -0.05) is 22.8 Å². The fourth-order valence-electron chi connectivity index (χ4n) is 1.91. The van der Waals surface area contributed by atoms with Crippen LogP contribution in [0.2, 0.25) is 5.02 Å². The fourth-order valence-corrected chi connectivity index (χ4v) is 2.09. The topological polar surface area (TPSA) is 74.5 Å². The first kappa shape index (κ1) is 16.9. The second-order valence-corrected chi connectivity index (χ2v) is 5.36. The largest absolute Gasteiger partial charge is 0.482 e. The second-order valence-electron chi connectivity index (χ2n) is 4.93. The highest BCUT2D eigenvalue weighted by molar-refractivity contribution is 6.30. The van der Waals surface area contributed by atoms with Crippen molar-refractivity contribution in [3.05, 3.63) is 65.3 Å². The summed E-state index contributed by atoms with van der Waals surface area (Å²) in [6.45, 7) is -0.467. The Morgan fingerprint density at radius 1 is 1.20 bits per heavy atom. The third-order valence-electron chi connectivity index (χ3n) is 3.08.